The standard InChI is InChI=1S/C16H27N3O2/c1-11(2)9-12-14(16(12,3)4)15(21)19-7-5-18(6-8-19)10-13(17)20/h9,12,14H,5-8,10H2,1-4H3,(H2,17,20)/t12-,14-/m0/s1. The zero-order chi connectivity index (χ0) is 15.8. The van der Waals surface area contributed by atoms with E-state index in [4.69, 9.17) is 5.73 Å². The molecule has 118 valence electrons. The SMILES string of the molecule is CC(C)=C[C@H]1[C@@H](C(=O)N2CCN(CC(N)=O)CC2)C1(C)C. The van der Waals surface area contributed by atoms with Crippen LogP contribution in [0.15, 0.2) is 11.6 Å². The summed E-state index contributed by atoms with van der Waals surface area (Å²) in [6.45, 7) is 11.6. The molecule has 0 aromatic carbocycles. The number of carbonyl (C=O) groups is 2. The maximum atomic E-state index is 12.7. The molecular formula is C16H27N3O2. The first-order chi connectivity index (χ1) is 9.73. The van der Waals surface area contributed by atoms with Crippen LogP contribution in [0.1, 0.15) is 27.7 Å². The van der Waals surface area contributed by atoms with Gasteiger partial charge in [0.1, 0.15) is 0 Å². The molecule has 0 aromatic rings. The molecule has 0 bridgehead atoms. The van der Waals surface area contributed by atoms with E-state index in [1.54, 1.807) is 0 Å². The minimum absolute atomic E-state index is 0.0682. The van der Waals surface area contributed by atoms with Crippen molar-refractivity contribution in [2.45, 2.75) is 27.7 Å². The minimum atomic E-state index is -0.304. The van der Waals surface area contributed by atoms with Crippen molar-refractivity contribution in [3.05, 3.63) is 11.6 Å². The fourth-order valence-corrected chi connectivity index (χ4v) is 3.36. The monoisotopic (exact) mass is 293 g/mol. The quantitative estimate of drug-likeness (QED) is 0.782. The summed E-state index contributed by atoms with van der Waals surface area (Å²) >= 11 is 0. The topological polar surface area (TPSA) is 66.6 Å². The van der Waals surface area contributed by atoms with E-state index in [2.05, 4.69) is 33.8 Å². The molecule has 2 atom stereocenters. The number of primary amides is 1. The van der Waals surface area contributed by atoms with Gasteiger partial charge in [0, 0.05) is 26.2 Å². The van der Waals surface area contributed by atoms with Crippen LogP contribution in [0, 0.1) is 17.3 Å². The highest BCUT2D eigenvalue weighted by Gasteiger charge is 2.61. The molecule has 2 rings (SSSR count). The van der Waals surface area contributed by atoms with Gasteiger partial charge in [-0.05, 0) is 25.2 Å². The van der Waals surface area contributed by atoms with E-state index in [1.165, 1.54) is 5.57 Å². The van der Waals surface area contributed by atoms with Gasteiger partial charge in [-0.3, -0.25) is 14.5 Å². The summed E-state index contributed by atoms with van der Waals surface area (Å²) in [5.41, 5.74) is 6.55. The molecular weight excluding hydrogens is 266 g/mol. The van der Waals surface area contributed by atoms with Crippen LogP contribution in [0.2, 0.25) is 0 Å². The van der Waals surface area contributed by atoms with Crippen molar-refractivity contribution in [3.8, 4) is 0 Å². The minimum Gasteiger partial charge on any atom is -0.369 e. The Bertz CT molecular complexity index is 458. The van der Waals surface area contributed by atoms with Gasteiger partial charge in [-0.1, -0.05) is 25.5 Å². The molecule has 1 saturated carbocycles. The lowest BCUT2D eigenvalue weighted by Crippen LogP contribution is -2.51. The maximum absolute atomic E-state index is 12.7. The van der Waals surface area contributed by atoms with Crippen molar-refractivity contribution in [2.24, 2.45) is 23.0 Å². The molecule has 0 spiro atoms. The highest BCUT2D eigenvalue weighted by atomic mass is 16.2. The second kappa shape index (κ2) is 5.79. The molecule has 5 heteroatoms. The van der Waals surface area contributed by atoms with Crippen LogP contribution in [0.5, 0.6) is 0 Å². The zero-order valence-corrected chi connectivity index (χ0v) is 13.6. The number of nitrogens with zero attached hydrogens (tertiary/aromatic N) is 2. The normalized spacial score (nSPS) is 28.1. The Balaban J connectivity index is 1.91. The van der Waals surface area contributed by atoms with Crippen molar-refractivity contribution >= 4 is 11.8 Å². The van der Waals surface area contributed by atoms with Crippen LogP contribution < -0.4 is 5.73 Å². The third kappa shape index (κ3) is 3.46. The fraction of sp³-hybridized carbons (Fsp3) is 0.750. The van der Waals surface area contributed by atoms with Crippen LogP contribution in [0.3, 0.4) is 0 Å². The number of allylic oxidation sites excluding steroid dienone is 2. The Morgan fingerprint density at radius 1 is 1.19 bits per heavy atom. The predicted molar refractivity (Wildman–Crippen MR) is 82.4 cm³/mol. The van der Waals surface area contributed by atoms with Crippen molar-refractivity contribution in [1.82, 2.24) is 9.80 Å². The molecule has 2 N–H and O–H groups in total. The van der Waals surface area contributed by atoms with E-state index in [1.807, 2.05) is 9.80 Å². The van der Waals surface area contributed by atoms with Crippen molar-refractivity contribution in [1.29, 1.82) is 0 Å². The summed E-state index contributed by atoms with van der Waals surface area (Å²) in [7, 11) is 0. The Labute approximate surface area is 127 Å². The van der Waals surface area contributed by atoms with Gasteiger partial charge < -0.3 is 10.6 Å². The van der Waals surface area contributed by atoms with Gasteiger partial charge in [-0.25, -0.2) is 0 Å². The van der Waals surface area contributed by atoms with Gasteiger partial charge in [-0.2, -0.15) is 0 Å². The third-order valence-corrected chi connectivity index (χ3v) is 4.75. The molecule has 5 nitrogen and oxygen atoms in total. The smallest absolute Gasteiger partial charge is 0.231 e. The summed E-state index contributed by atoms with van der Waals surface area (Å²) in [5, 5.41) is 0. The van der Waals surface area contributed by atoms with Gasteiger partial charge in [0.05, 0.1) is 12.5 Å². The molecule has 2 fully saturated rings. The number of hydrogen-bond acceptors (Lipinski definition) is 3. The molecule has 1 heterocycles. The summed E-state index contributed by atoms with van der Waals surface area (Å²) in [5.74, 6) is 0.427. The van der Waals surface area contributed by atoms with Gasteiger partial charge in [0.15, 0.2) is 0 Å². The highest BCUT2D eigenvalue weighted by molar-refractivity contribution is 5.84. The first kappa shape index (κ1) is 16.0. The Morgan fingerprint density at radius 2 is 1.76 bits per heavy atom. The molecule has 21 heavy (non-hydrogen) atoms. The van der Waals surface area contributed by atoms with Crippen molar-refractivity contribution in [2.75, 3.05) is 32.7 Å². The van der Waals surface area contributed by atoms with Gasteiger partial charge >= 0.3 is 0 Å². The van der Waals surface area contributed by atoms with Crippen molar-refractivity contribution < 1.29 is 9.59 Å². The number of rotatable bonds is 4. The lowest BCUT2D eigenvalue weighted by Gasteiger charge is -2.34. The summed E-state index contributed by atoms with van der Waals surface area (Å²) < 4.78 is 0. The van der Waals surface area contributed by atoms with Gasteiger partial charge in [0.2, 0.25) is 11.8 Å². The van der Waals surface area contributed by atoms with Crippen molar-refractivity contribution in [3.63, 3.8) is 0 Å². The van der Waals surface area contributed by atoms with Crippen LogP contribution in [-0.4, -0.2) is 54.3 Å². The Hall–Kier alpha value is -1.36. The number of hydrogen-bond donors (Lipinski definition) is 1. The fourth-order valence-electron chi connectivity index (χ4n) is 3.36. The maximum Gasteiger partial charge on any atom is 0.231 e. The first-order valence-electron chi connectivity index (χ1n) is 7.68. The van der Waals surface area contributed by atoms with Crippen LogP contribution in [-0.2, 0) is 9.59 Å². The van der Waals surface area contributed by atoms with Gasteiger partial charge in [-0.15, -0.1) is 0 Å². The number of nitrogens with two attached hydrogens (primary N) is 1. The molecule has 1 aliphatic heterocycles. The van der Waals surface area contributed by atoms with E-state index in [0.29, 0.717) is 19.0 Å². The first-order valence-corrected chi connectivity index (χ1v) is 7.68. The number of piperazine rings is 1. The Morgan fingerprint density at radius 3 is 2.24 bits per heavy atom. The molecule has 0 aromatic heterocycles. The van der Waals surface area contributed by atoms with Crippen LogP contribution >= 0.6 is 0 Å². The average Bonchev–Trinajstić information content (AvgIpc) is 2.89. The predicted octanol–water partition coefficient (Wildman–Crippen LogP) is 0.854. The lowest BCUT2D eigenvalue weighted by atomic mass is 10.1. The van der Waals surface area contributed by atoms with E-state index < -0.39 is 0 Å². The van der Waals surface area contributed by atoms with Gasteiger partial charge in [0.25, 0.3) is 0 Å². The molecule has 1 aliphatic carbocycles. The molecule has 2 amide bonds. The van der Waals surface area contributed by atoms with E-state index in [-0.39, 0.29) is 29.7 Å². The third-order valence-electron chi connectivity index (χ3n) is 4.75. The molecule has 0 unspecified atom stereocenters. The van der Waals surface area contributed by atoms with E-state index in [9.17, 15) is 9.59 Å². The molecule has 2 aliphatic rings. The number of carbonyl (C=O) groups excluding carboxylic acids is 2. The van der Waals surface area contributed by atoms with Crippen LogP contribution in [0.4, 0.5) is 0 Å². The summed E-state index contributed by atoms with van der Waals surface area (Å²) in [6, 6.07) is 0. The summed E-state index contributed by atoms with van der Waals surface area (Å²) in [6.07, 6.45) is 2.23. The second-order valence-corrected chi connectivity index (χ2v) is 7.14. The molecule has 0 radical (unpaired) electrons. The Kier molecular flexibility index (Phi) is 4.42. The largest absolute Gasteiger partial charge is 0.369 e. The average molecular weight is 293 g/mol. The second-order valence-electron chi connectivity index (χ2n) is 7.14. The lowest BCUT2D eigenvalue weighted by molar-refractivity contribution is -0.135. The molecule has 1 saturated heterocycles. The number of amides is 2. The van der Waals surface area contributed by atoms with E-state index in [0.717, 1.165) is 13.1 Å². The highest BCUT2D eigenvalue weighted by Crippen LogP contribution is 2.60. The zero-order valence-electron chi connectivity index (χ0n) is 13.6. The van der Waals surface area contributed by atoms with E-state index >= 15 is 0 Å². The summed E-state index contributed by atoms with van der Waals surface area (Å²) in [4.78, 5) is 27.6. The van der Waals surface area contributed by atoms with Crippen LogP contribution in [0.25, 0.3) is 0 Å².